The van der Waals surface area contributed by atoms with Crippen molar-refractivity contribution < 1.29 is 9.32 Å². The van der Waals surface area contributed by atoms with E-state index in [2.05, 4.69) is 10.5 Å². The highest BCUT2D eigenvalue weighted by molar-refractivity contribution is 7.19. The molecule has 0 fully saturated rings. The standard InChI is InChI=1S/C14H18ClN3O2S.ClH/c15-12-6-5-11(21-12)13-10(9-18-20-13)14(19)17-8-4-2-1-3-7-16;/h5-6,9H,1-4,7-8,16H2,(H,17,19);1H. The highest BCUT2D eigenvalue weighted by Crippen LogP contribution is 2.32. The summed E-state index contributed by atoms with van der Waals surface area (Å²) in [6.45, 7) is 1.36. The number of hydrogen-bond acceptors (Lipinski definition) is 5. The Morgan fingerprint density at radius 3 is 2.77 bits per heavy atom. The van der Waals surface area contributed by atoms with Gasteiger partial charge in [-0.1, -0.05) is 29.6 Å². The number of carbonyl (C=O) groups excluding carboxylic acids is 1. The summed E-state index contributed by atoms with van der Waals surface area (Å²) in [4.78, 5) is 12.9. The van der Waals surface area contributed by atoms with Crippen molar-refractivity contribution in [3.05, 3.63) is 28.2 Å². The van der Waals surface area contributed by atoms with Crippen LogP contribution in [0.25, 0.3) is 10.6 Å². The maximum atomic E-state index is 12.1. The highest BCUT2D eigenvalue weighted by Gasteiger charge is 2.18. The summed E-state index contributed by atoms with van der Waals surface area (Å²) < 4.78 is 5.82. The first-order valence-electron chi connectivity index (χ1n) is 6.91. The number of nitrogens with one attached hydrogen (secondary N) is 1. The normalized spacial score (nSPS) is 10.3. The van der Waals surface area contributed by atoms with Gasteiger partial charge < -0.3 is 15.6 Å². The molecule has 2 aromatic rings. The van der Waals surface area contributed by atoms with Gasteiger partial charge in [-0.25, -0.2) is 0 Å². The molecule has 0 aromatic carbocycles. The number of aromatic nitrogens is 1. The van der Waals surface area contributed by atoms with Gasteiger partial charge >= 0.3 is 0 Å². The molecule has 0 aliphatic carbocycles. The van der Waals surface area contributed by atoms with Crippen LogP contribution in [0.4, 0.5) is 0 Å². The smallest absolute Gasteiger partial charge is 0.256 e. The zero-order valence-corrected chi connectivity index (χ0v) is 14.4. The monoisotopic (exact) mass is 363 g/mol. The highest BCUT2D eigenvalue weighted by atomic mass is 35.5. The minimum Gasteiger partial charge on any atom is -0.355 e. The Balaban J connectivity index is 0.00000242. The SMILES string of the molecule is Cl.NCCCCCCNC(=O)c1cnoc1-c1ccc(Cl)s1. The lowest BCUT2D eigenvalue weighted by Gasteiger charge is -2.04. The molecule has 0 saturated heterocycles. The fourth-order valence-electron chi connectivity index (χ4n) is 1.94. The molecule has 3 N–H and O–H groups in total. The van der Waals surface area contributed by atoms with Crippen molar-refractivity contribution in [2.45, 2.75) is 25.7 Å². The lowest BCUT2D eigenvalue weighted by Crippen LogP contribution is -2.24. The summed E-state index contributed by atoms with van der Waals surface area (Å²) in [5.41, 5.74) is 5.87. The molecule has 0 aliphatic heterocycles. The predicted molar refractivity (Wildman–Crippen MR) is 91.9 cm³/mol. The lowest BCUT2D eigenvalue weighted by atomic mass is 10.2. The minimum atomic E-state index is -0.172. The summed E-state index contributed by atoms with van der Waals surface area (Å²) in [6, 6.07) is 3.58. The van der Waals surface area contributed by atoms with Crippen molar-refractivity contribution in [1.82, 2.24) is 10.5 Å². The topological polar surface area (TPSA) is 81.1 Å². The van der Waals surface area contributed by atoms with Gasteiger partial charge in [0, 0.05) is 6.54 Å². The van der Waals surface area contributed by atoms with Gasteiger partial charge in [0.05, 0.1) is 15.4 Å². The van der Waals surface area contributed by atoms with Crippen LogP contribution in [0, 0.1) is 0 Å². The molecule has 0 unspecified atom stereocenters. The van der Waals surface area contributed by atoms with Gasteiger partial charge in [-0.05, 0) is 31.5 Å². The van der Waals surface area contributed by atoms with Gasteiger partial charge in [0.2, 0.25) is 0 Å². The van der Waals surface area contributed by atoms with E-state index >= 15 is 0 Å². The Bertz CT molecular complexity index is 586. The Labute approximate surface area is 144 Å². The molecule has 0 aliphatic rings. The number of unbranched alkanes of at least 4 members (excludes halogenated alkanes) is 3. The second-order valence-corrected chi connectivity index (χ2v) is 6.35. The molecule has 0 saturated carbocycles. The number of halogens is 2. The van der Waals surface area contributed by atoms with Crippen LogP contribution in [0.5, 0.6) is 0 Å². The maximum Gasteiger partial charge on any atom is 0.256 e. The molecule has 0 bridgehead atoms. The van der Waals surface area contributed by atoms with Crippen molar-refractivity contribution in [2.24, 2.45) is 5.73 Å². The van der Waals surface area contributed by atoms with Crippen molar-refractivity contribution in [1.29, 1.82) is 0 Å². The van der Waals surface area contributed by atoms with Gasteiger partial charge in [-0.15, -0.1) is 23.7 Å². The third-order valence-electron chi connectivity index (χ3n) is 3.03. The number of rotatable bonds is 8. The largest absolute Gasteiger partial charge is 0.355 e. The number of thiophene rings is 1. The molecule has 1 amide bonds. The molecule has 0 atom stereocenters. The average Bonchev–Trinajstić information content (AvgIpc) is 3.10. The fourth-order valence-corrected chi connectivity index (χ4v) is 2.97. The maximum absolute atomic E-state index is 12.1. The molecule has 2 rings (SSSR count). The van der Waals surface area contributed by atoms with Crippen LogP contribution in [-0.4, -0.2) is 24.2 Å². The predicted octanol–water partition coefficient (Wildman–Crippen LogP) is 3.73. The van der Waals surface area contributed by atoms with Crippen LogP contribution in [0.15, 0.2) is 22.9 Å². The Kier molecular flexibility index (Phi) is 8.48. The first-order valence-corrected chi connectivity index (χ1v) is 8.10. The van der Waals surface area contributed by atoms with Crippen LogP contribution in [0.2, 0.25) is 4.34 Å². The van der Waals surface area contributed by atoms with Crippen molar-refractivity contribution >= 4 is 41.3 Å². The Morgan fingerprint density at radius 2 is 2.09 bits per heavy atom. The number of carbonyl (C=O) groups is 1. The number of hydrogen-bond donors (Lipinski definition) is 2. The fraction of sp³-hybridized carbons (Fsp3) is 0.429. The van der Waals surface area contributed by atoms with Crippen LogP contribution < -0.4 is 11.1 Å². The van der Waals surface area contributed by atoms with E-state index < -0.39 is 0 Å². The van der Waals surface area contributed by atoms with E-state index in [0.29, 0.717) is 22.2 Å². The van der Waals surface area contributed by atoms with Crippen LogP contribution in [0.3, 0.4) is 0 Å². The number of nitrogens with zero attached hydrogens (tertiary/aromatic N) is 1. The van der Waals surface area contributed by atoms with Crippen molar-refractivity contribution in [3.63, 3.8) is 0 Å². The van der Waals surface area contributed by atoms with Crippen LogP contribution in [0.1, 0.15) is 36.0 Å². The number of amides is 1. The minimum absolute atomic E-state index is 0. The first-order chi connectivity index (χ1) is 10.2. The summed E-state index contributed by atoms with van der Waals surface area (Å²) in [7, 11) is 0. The zero-order valence-electron chi connectivity index (χ0n) is 12.0. The van der Waals surface area contributed by atoms with Crippen molar-refractivity contribution in [2.75, 3.05) is 13.1 Å². The summed E-state index contributed by atoms with van der Waals surface area (Å²) in [5, 5.41) is 6.59. The zero-order chi connectivity index (χ0) is 15.1. The molecule has 22 heavy (non-hydrogen) atoms. The molecule has 5 nitrogen and oxygen atoms in total. The van der Waals surface area contributed by atoms with Gasteiger partial charge in [0.25, 0.3) is 5.91 Å². The van der Waals surface area contributed by atoms with Crippen LogP contribution >= 0.6 is 35.3 Å². The van der Waals surface area contributed by atoms with Crippen LogP contribution in [-0.2, 0) is 0 Å². The molecular formula is C14H19Cl2N3O2S. The van der Waals surface area contributed by atoms with Gasteiger partial charge in [0.15, 0.2) is 5.76 Å². The second-order valence-electron chi connectivity index (χ2n) is 4.63. The number of nitrogens with two attached hydrogens (primary N) is 1. The van der Waals surface area contributed by atoms with E-state index in [4.69, 9.17) is 21.9 Å². The van der Waals surface area contributed by atoms with E-state index in [9.17, 15) is 4.79 Å². The van der Waals surface area contributed by atoms with E-state index in [-0.39, 0.29) is 18.3 Å². The second kappa shape index (κ2) is 9.84. The van der Waals surface area contributed by atoms with Crippen molar-refractivity contribution in [3.8, 4) is 10.6 Å². The Morgan fingerprint density at radius 1 is 1.32 bits per heavy atom. The first kappa shape index (κ1) is 19.0. The quantitative estimate of drug-likeness (QED) is 0.700. The molecular weight excluding hydrogens is 345 g/mol. The summed E-state index contributed by atoms with van der Waals surface area (Å²) in [6.07, 6.45) is 5.57. The molecule has 2 heterocycles. The van der Waals surface area contributed by atoms with E-state index in [0.717, 1.165) is 37.1 Å². The summed E-state index contributed by atoms with van der Waals surface area (Å²) in [5.74, 6) is 0.294. The summed E-state index contributed by atoms with van der Waals surface area (Å²) >= 11 is 7.25. The molecule has 0 spiro atoms. The van der Waals surface area contributed by atoms with Gasteiger partial charge in [0.1, 0.15) is 5.56 Å². The van der Waals surface area contributed by atoms with Gasteiger partial charge in [-0.2, -0.15) is 0 Å². The Hall–Kier alpha value is -1.08. The van der Waals surface area contributed by atoms with E-state index in [1.165, 1.54) is 17.5 Å². The van der Waals surface area contributed by atoms with E-state index in [1.807, 2.05) is 6.07 Å². The molecule has 2 aromatic heterocycles. The van der Waals surface area contributed by atoms with Gasteiger partial charge in [-0.3, -0.25) is 4.79 Å². The molecule has 8 heteroatoms. The van der Waals surface area contributed by atoms with E-state index in [1.54, 1.807) is 6.07 Å². The molecule has 0 radical (unpaired) electrons. The lowest BCUT2D eigenvalue weighted by molar-refractivity contribution is 0.0953. The average molecular weight is 364 g/mol. The third-order valence-corrected chi connectivity index (χ3v) is 4.26. The molecule has 122 valence electrons. The third kappa shape index (κ3) is 5.28.